The van der Waals surface area contributed by atoms with Crippen molar-refractivity contribution < 1.29 is 17.9 Å². The Hall–Kier alpha value is -2.36. The van der Waals surface area contributed by atoms with Gasteiger partial charge in [-0.1, -0.05) is 44.2 Å². The third-order valence-corrected chi connectivity index (χ3v) is 6.73. The highest BCUT2D eigenvalue weighted by Crippen LogP contribution is 2.21. The van der Waals surface area contributed by atoms with E-state index >= 15 is 0 Å². The number of ether oxygens (including phenoxy) is 1. The molecule has 0 aliphatic heterocycles. The smallest absolute Gasteiger partial charge is 0.243 e. The number of hydrogen-bond donors (Lipinski definition) is 2. The maximum absolute atomic E-state index is 13.4. The quantitative estimate of drug-likeness (QED) is 0.512. The van der Waals surface area contributed by atoms with E-state index in [0.29, 0.717) is 18.7 Å². The van der Waals surface area contributed by atoms with E-state index in [2.05, 4.69) is 5.32 Å². The summed E-state index contributed by atoms with van der Waals surface area (Å²) in [6.07, 6.45) is 0.518. The molecule has 9 heteroatoms. The molecule has 0 aromatic heterocycles. The molecule has 0 saturated carbocycles. The molecule has 0 aliphatic rings. The summed E-state index contributed by atoms with van der Waals surface area (Å²) >= 11 is 0. The Morgan fingerprint density at radius 3 is 2.23 bits per heavy atom. The van der Waals surface area contributed by atoms with E-state index in [1.165, 1.54) is 31.4 Å². The van der Waals surface area contributed by atoms with E-state index in [1.54, 1.807) is 12.1 Å². The molecule has 2 aromatic carbocycles. The maximum atomic E-state index is 13.4. The van der Waals surface area contributed by atoms with Crippen LogP contribution in [-0.4, -0.2) is 58.7 Å². The largest absolute Gasteiger partial charge is 0.497 e. The first-order valence-corrected chi connectivity index (χ1v) is 11.8. The molecule has 0 unspecified atom stereocenters. The fraction of sp³-hybridized carbons (Fsp3) is 0.409. The van der Waals surface area contributed by atoms with Crippen LogP contribution in [0.3, 0.4) is 0 Å². The second-order valence-corrected chi connectivity index (χ2v) is 9.99. The first-order valence-electron chi connectivity index (χ1n) is 10.3. The van der Waals surface area contributed by atoms with E-state index in [-0.39, 0.29) is 23.2 Å². The SMILES string of the molecule is BC(=O)N[C@H](CN(CC(C)C)S(=O)(=O)c1ccc(OC)cc1)[C@@H](N)Cc1ccccc1. The Morgan fingerprint density at radius 2 is 1.71 bits per heavy atom. The van der Waals surface area contributed by atoms with Gasteiger partial charge in [-0.05, 0) is 42.2 Å². The Morgan fingerprint density at radius 1 is 1.10 bits per heavy atom. The Balaban J connectivity index is 2.31. The number of rotatable bonds is 11. The second kappa shape index (κ2) is 11.3. The zero-order valence-corrected chi connectivity index (χ0v) is 19.4. The van der Waals surface area contributed by atoms with E-state index in [4.69, 9.17) is 10.5 Å². The van der Waals surface area contributed by atoms with Gasteiger partial charge in [0.05, 0.1) is 18.0 Å². The Bertz CT molecular complexity index is 937. The van der Waals surface area contributed by atoms with Crippen LogP contribution in [0.1, 0.15) is 19.4 Å². The summed E-state index contributed by atoms with van der Waals surface area (Å²) in [6.45, 7) is 4.30. The molecule has 2 rings (SSSR count). The van der Waals surface area contributed by atoms with E-state index in [1.807, 2.05) is 44.2 Å². The van der Waals surface area contributed by atoms with Crippen LogP contribution in [0.15, 0.2) is 59.5 Å². The molecule has 3 N–H and O–H groups in total. The molecule has 0 fully saturated rings. The van der Waals surface area contributed by atoms with Crippen molar-refractivity contribution in [1.82, 2.24) is 9.62 Å². The fourth-order valence-electron chi connectivity index (χ4n) is 3.37. The summed E-state index contributed by atoms with van der Waals surface area (Å²) < 4.78 is 33.3. The number of methoxy groups -OCH3 is 1. The van der Waals surface area contributed by atoms with Gasteiger partial charge in [-0.2, -0.15) is 4.31 Å². The third kappa shape index (κ3) is 7.38. The average molecular weight is 445 g/mol. The van der Waals surface area contributed by atoms with Gasteiger partial charge in [0.25, 0.3) is 0 Å². The van der Waals surface area contributed by atoms with Crippen molar-refractivity contribution in [3.8, 4) is 5.75 Å². The van der Waals surface area contributed by atoms with Crippen molar-refractivity contribution in [2.45, 2.75) is 37.2 Å². The van der Waals surface area contributed by atoms with Crippen LogP contribution in [0.2, 0.25) is 0 Å². The normalized spacial score (nSPS) is 13.7. The van der Waals surface area contributed by atoms with Crippen LogP contribution < -0.4 is 15.8 Å². The molecule has 31 heavy (non-hydrogen) atoms. The molecule has 2 atom stereocenters. The number of hydrogen-bond acceptors (Lipinski definition) is 5. The number of carbonyl (C=O) groups is 1. The number of benzene rings is 2. The summed E-state index contributed by atoms with van der Waals surface area (Å²) in [6, 6.07) is 15.0. The highest BCUT2D eigenvalue weighted by atomic mass is 32.2. The summed E-state index contributed by atoms with van der Waals surface area (Å²) in [5.74, 6) is 0.423. The van der Waals surface area contributed by atoms with Gasteiger partial charge in [-0.25, -0.2) is 8.42 Å². The van der Waals surface area contributed by atoms with E-state index in [9.17, 15) is 13.2 Å². The fourth-order valence-corrected chi connectivity index (χ4v) is 5.00. The Labute approximate surface area is 186 Å². The summed E-state index contributed by atoms with van der Waals surface area (Å²) in [7, 11) is -0.849. The number of amides is 1. The zero-order chi connectivity index (χ0) is 23.0. The van der Waals surface area contributed by atoms with Crippen LogP contribution in [-0.2, 0) is 16.4 Å². The lowest BCUT2D eigenvalue weighted by Gasteiger charge is -2.32. The van der Waals surface area contributed by atoms with Crippen molar-refractivity contribution in [2.75, 3.05) is 20.2 Å². The molecule has 0 aliphatic carbocycles. The molecule has 0 spiro atoms. The molecule has 1 amide bonds. The predicted molar refractivity (Wildman–Crippen MR) is 126 cm³/mol. The highest BCUT2D eigenvalue weighted by molar-refractivity contribution is 7.89. The van der Waals surface area contributed by atoms with Crippen molar-refractivity contribution >= 4 is 23.7 Å². The molecule has 0 bridgehead atoms. The van der Waals surface area contributed by atoms with Gasteiger partial charge in [0.2, 0.25) is 17.9 Å². The molecule has 168 valence electrons. The molecular formula is C22H32BN3O4S. The minimum atomic E-state index is -3.79. The van der Waals surface area contributed by atoms with E-state index in [0.717, 1.165) is 5.56 Å². The minimum Gasteiger partial charge on any atom is -0.497 e. The maximum Gasteiger partial charge on any atom is 0.243 e. The molecule has 0 radical (unpaired) electrons. The molecule has 0 heterocycles. The van der Waals surface area contributed by atoms with Crippen molar-refractivity contribution in [1.29, 1.82) is 0 Å². The van der Waals surface area contributed by atoms with Crippen LogP contribution in [0.25, 0.3) is 0 Å². The van der Waals surface area contributed by atoms with Crippen molar-refractivity contribution in [3.05, 3.63) is 60.2 Å². The first kappa shape index (κ1) is 24.9. The van der Waals surface area contributed by atoms with Crippen molar-refractivity contribution in [3.63, 3.8) is 0 Å². The number of nitrogens with zero attached hydrogens (tertiary/aromatic N) is 1. The molecule has 0 saturated heterocycles. The minimum absolute atomic E-state index is 0.0835. The lowest BCUT2D eigenvalue weighted by Crippen LogP contribution is -2.55. The number of nitrogens with one attached hydrogen (secondary N) is 1. The molecular weight excluding hydrogens is 413 g/mol. The lowest BCUT2D eigenvalue weighted by atomic mass is 9.98. The third-order valence-electron chi connectivity index (χ3n) is 4.89. The van der Waals surface area contributed by atoms with Crippen LogP contribution >= 0.6 is 0 Å². The summed E-state index contributed by atoms with van der Waals surface area (Å²) in [5.41, 5.74) is 7.47. The summed E-state index contributed by atoms with van der Waals surface area (Å²) in [5, 5.41) is 2.86. The Kier molecular flexibility index (Phi) is 9.09. The lowest BCUT2D eigenvalue weighted by molar-refractivity contribution is 0.247. The summed E-state index contributed by atoms with van der Waals surface area (Å²) in [4.78, 5) is 12.0. The van der Waals surface area contributed by atoms with Gasteiger partial charge in [0.15, 0.2) is 5.81 Å². The van der Waals surface area contributed by atoms with Crippen LogP contribution in [0.4, 0.5) is 4.79 Å². The molecule has 2 aromatic rings. The standard InChI is InChI=1S/C22H32BN3O4S/c1-16(2)14-26(31(28,29)19-11-9-18(30-3)10-12-19)15-21(25-22(23)27)20(24)13-17-7-5-4-6-8-17/h4-12,16,20-21H,13-15,23-24H2,1-3H3,(H,25,27)/t20-,21+/m0/s1. The van der Waals surface area contributed by atoms with Gasteiger partial charge < -0.3 is 15.8 Å². The topological polar surface area (TPSA) is 102 Å². The number of carbonyl (C=O) groups excluding carboxylic acids is 1. The van der Waals surface area contributed by atoms with Gasteiger partial charge in [-0.3, -0.25) is 4.79 Å². The van der Waals surface area contributed by atoms with Crippen LogP contribution in [0.5, 0.6) is 5.75 Å². The van der Waals surface area contributed by atoms with Gasteiger partial charge in [0, 0.05) is 19.1 Å². The van der Waals surface area contributed by atoms with Gasteiger partial charge >= 0.3 is 0 Å². The van der Waals surface area contributed by atoms with Gasteiger partial charge in [0.1, 0.15) is 5.75 Å². The van der Waals surface area contributed by atoms with Crippen LogP contribution in [0, 0.1) is 5.92 Å². The zero-order valence-electron chi connectivity index (χ0n) is 18.6. The number of sulfonamides is 1. The highest BCUT2D eigenvalue weighted by Gasteiger charge is 2.30. The van der Waals surface area contributed by atoms with E-state index < -0.39 is 22.1 Å². The van der Waals surface area contributed by atoms with Gasteiger partial charge in [-0.15, -0.1) is 0 Å². The second-order valence-electron chi connectivity index (χ2n) is 8.05. The first-order chi connectivity index (χ1) is 14.6. The molecule has 7 nitrogen and oxygen atoms in total. The monoisotopic (exact) mass is 445 g/mol. The number of nitrogens with two attached hydrogens (primary N) is 1. The average Bonchev–Trinajstić information content (AvgIpc) is 2.72. The van der Waals surface area contributed by atoms with Crippen molar-refractivity contribution in [2.24, 2.45) is 11.7 Å². The predicted octanol–water partition coefficient (Wildman–Crippen LogP) is 1.62.